The number of nitrogens with zero attached hydrogens (tertiary/aromatic N) is 2. The molecule has 0 bridgehead atoms. The number of aromatic nitrogens is 1. The lowest BCUT2D eigenvalue weighted by molar-refractivity contribution is -0.201. The van der Waals surface area contributed by atoms with E-state index in [0.29, 0.717) is 6.61 Å². The number of hydrogen-bond acceptors (Lipinski definition) is 5. The zero-order valence-electron chi connectivity index (χ0n) is 15.0. The van der Waals surface area contributed by atoms with Crippen molar-refractivity contribution in [2.24, 2.45) is 0 Å². The molecule has 25 heavy (non-hydrogen) atoms. The van der Waals surface area contributed by atoms with Gasteiger partial charge in [-0.15, -0.1) is 0 Å². The third-order valence-electron chi connectivity index (χ3n) is 5.06. The molecule has 0 aliphatic carbocycles. The number of rotatable bonds is 5. The van der Waals surface area contributed by atoms with Gasteiger partial charge in [0.1, 0.15) is 11.5 Å². The van der Waals surface area contributed by atoms with Crippen molar-refractivity contribution >= 4 is 0 Å². The SMILES string of the molecule is Cc1cncc(COC2CCOC3(C2)CN(Cc2ccc(C)o2)C3)c1. The van der Waals surface area contributed by atoms with E-state index in [1.807, 2.05) is 25.4 Å². The van der Waals surface area contributed by atoms with Crippen LogP contribution in [0.25, 0.3) is 0 Å². The van der Waals surface area contributed by atoms with E-state index in [1.165, 1.54) is 5.56 Å². The smallest absolute Gasteiger partial charge is 0.118 e. The van der Waals surface area contributed by atoms with Crippen LogP contribution in [0, 0.1) is 13.8 Å². The Morgan fingerprint density at radius 2 is 2.16 bits per heavy atom. The lowest BCUT2D eigenvalue weighted by atomic mass is 9.84. The Morgan fingerprint density at radius 3 is 2.92 bits per heavy atom. The largest absolute Gasteiger partial charge is 0.465 e. The van der Waals surface area contributed by atoms with Crippen molar-refractivity contribution in [2.45, 2.75) is 51.5 Å². The number of aryl methyl sites for hydroxylation is 2. The maximum Gasteiger partial charge on any atom is 0.118 e. The van der Waals surface area contributed by atoms with E-state index in [4.69, 9.17) is 13.9 Å². The van der Waals surface area contributed by atoms with Crippen LogP contribution in [-0.4, -0.2) is 41.3 Å². The van der Waals surface area contributed by atoms with E-state index in [9.17, 15) is 0 Å². The average Bonchev–Trinajstić information content (AvgIpc) is 2.97. The molecular weight excluding hydrogens is 316 g/mol. The quantitative estimate of drug-likeness (QED) is 0.835. The highest BCUT2D eigenvalue weighted by Gasteiger charge is 2.47. The monoisotopic (exact) mass is 342 g/mol. The van der Waals surface area contributed by atoms with E-state index < -0.39 is 0 Å². The summed E-state index contributed by atoms with van der Waals surface area (Å²) in [6.45, 7) is 8.23. The molecule has 2 aliphatic rings. The number of likely N-dealkylation sites (tertiary alicyclic amines) is 1. The first kappa shape index (κ1) is 16.8. The minimum absolute atomic E-state index is 0.0323. The molecule has 2 aliphatic heterocycles. The predicted octanol–water partition coefficient (Wildman–Crippen LogP) is 3.24. The zero-order valence-corrected chi connectivity index (χ0v) is 15.0. The van der Waals surface area contributed by atoms with Gasteiger partial charge in [0, 0.05) is 38.5 Å². The highest BCUT2D eigenvalue weighted by molar-refractivity contribution is 5.15. The van der Waals surface area contributed by atoms with Crippen molar-refractivity contribution in [3.05, 3.63) is 53.2 Å². The lowest BCUT2D eigenvalue weighted by Crippen LogP contribution is -2.65. The van der Waals surface area contributed by atoms with Crippen molar-refractivity contribution in [2.75, 3.05) is 19.7 Å². The van der Waals surface area contributed by atoms with E-state index in [-0.39, 0.29) is 11.7 Å². The molecule has 0 saturated carbocycles. The Morgan fingerprint density at radius 1 is 1.28 bits per heavy atom. The Balaban J connectivity index is 1.27. The van der Waals surface area contributed by atoms with Gasteiger partial charge in [-0.1, -0.05) is 6.07 Å². The van der Waals surface area contributed by atoms with Gasteiger partial charge in [0.2, 0.25) is 0 Å². The molecule has 0 N–H and O–H groups in total. The second-order valence-electron chi connectivity index (χ2n) is 7.49. The Kier molecular flexibility index (Phi) is 4.63. The third-order valence-corrected chi connectivity index (χ3v) is 5.06. The molecule has 2 aromatic rings. The third kappa shape index (κ3) is 3.94. The zero-order chi connectivity index (χ0) is 17.3. The number of hydrogen-bond donors (Lipinski definition) is 0. The van der Waals surface area contributed by atoms with Crippen LogP contribution in [0.5, 0.6) is 0 Å². The van der Waals surface area contributed by atoms with Crippen molar-refractivity contribution in [1.82, 2.24) is 9.88 Å². The van der Waals surface area contributed by atoms with Gasteiger partial charge < -0.3 is 13.9 Å². The van der Waals surface area contributed by atoms with Crippen molar-refractivity contribution in [1.29, 1.82) is 0 Å². The summed E-state index contributed by atoms with van der Waals surface area (Å²) in [7, 11) is 0. The first-order valence-corrected chi connectivity index (χ1v) is 9.04. The predicted molar refractivity (Wildman–Crippen MR) is 94.2 cm³/mol. The Bertz CT molecular complexity index is 721. The molecule has 5 heteroatoms. The van der Waals surface area contributed by atoms with Crippen LogP contribution >= 0.6 is 0 Å². The normalized spacial score (nSPS) is 22.9. The highest BCUT2D eigenvalue weighted by Crippen LogP contribution is 2.36. The summed E-state index contributed by atoms with van der Waals surface area (Å²) in [5, 5.41) is 0. The molecule has 1 atom stereocenters. The van der Waals surface area contributed by atoms with E-state index in [0.717, 1.165) is 56.2 Å². The van der Waals surface area contributed by atoms with Gasteiger partial charge in [-0.25, -0.2) is 0 Å². The van der Waals surface area contributed by atoms with Crippen LogP contribution in [0.3, 0.4) is 0 Å². The molecule has 5 nitrogen and oxygen atoms in total. The molecular formula is C20H26N2O3. The van der Waals surface area contributed by atoms with Crippen LogP contribution in [0.15, 0.2) is 35.0 Å². The highest BCUT2D eigenvalue weighted by atomic mass is 16.5. The van der Waals surface area contributed by atoms with Crippen molar-refractivity contribution in [3.63, 3.8) is 0 Å². The summed E-state index contributed by atoms with van der Waals surface area (Å²) in [5.41, 5.74) is 2.28. The number of furan rings is 1. The molecule has 0 amide bonds. The molecule has 1 spiro atoms. The van der Waals surface area contributed by atoms with Crippen molar-refractivity contribution in [3.8, 4) is 0 Å². The minimum Gasteiger partial charge on any atom is -0.465 e. The lowest BCUT2D eigenvalue weighted by Gasteiger charge is -2.53. The summed E-state index contributed by atoms with van der Waals surface area (Å²) < 4.78 is 17.9. The summed E-state index contributed by atoms with van der Waals surface area (Å²) >= 11 is 0. The van der Waals surface area contributed by atoms with Gasteiger partial charge in [-0.05, 0) is 43.5 Å². The van der Waals surface area contributed by atoms with Gasteiger partial charge in [-0.2, -0.15) is 0 Å². The van der Waals surface area contributed by atoms with E-state index in [1.54, 1.807) is 0 Å². The minimum atomic E-state index is -0.0323. The topological polar surface area (TPSA) is 47.7 Å². The number of pyridine rings is 1. The summed E-state index contributed by atoms with van der Waals surface area (Å²) in [6, 6.07) is 6.22. The fourth-order valence-corrected chi connectivity index (χ4v) is 3.93. The molecule has 0 radical (unpaired) electrons. The molecule has 134 valence electrons. The van der Waals surface area contributed by atoms with Gasteiger partial charge in [0.15, 0.2) is 0 Å². The van der Waals surface area contributed by atoms with Gasteiger partial charge >= 0.3 is 0 Å². The molecule has 0 aromatic carbocycles. The molecule has 1 unspecified atom stereocenters. The maximum absolute atomic E-state index is 6.15. The average molecular weight is 342 g/mol. The van der Waals surface area contributed by atoms with E-state index in [2.05, 4.69) is 28.9 Å². The van der Waals surface area contributed by atoms with Gasteiger partial charge in [0.05, 0.1) is 24.9 Å². The standard InChI is InChI=1S/C20H26N2O3/c1-15-7-17(10-21-9-15)12-23-18-5-6-24-20(8-18)13-22(14-20)11-19-4-3-16(2)25-19/h3-4,7,9-10,18H,5-6,8,11-14H2,1-2H3. The molecule has 2 fully saturated rings. The fourth-order valence-electron chi connectivity index (χ4n) is 3.93. The fraction of sp³-hybridized carbons (Fsp3) is 0.550. The van der Waals surface area contributed by atoms with Crippen LogP contribution in [0.2, 0.25) is 0 Å². The van der Waals surface area contributed by atoms with E-state index >= 15 is 0 Å². The first-order valence-electron chi connectivity index (χ1n) is 9.04. The Hall–Kier alpha value is -1.69. The summed E-state index contributed by atoms with van der Waals surface area (Å²) in [6.07, 6.45) is 5.97. The number of ether oxygens (including phenoxy) is 2. The van der Waals surface area contributed by atoms with Gasteiger partial charge in [0.25, 0.3) is 0 Å². The van der Waals surface area contributed by atoms with Crippen LogP contribution in [0.4, 0.5) is 0 Å². The van der Waals surface area contributed by atoms with Crippen LogP contribution in [0.1, 0.15) is 35.5 Å². The van der Waals surface area contributed by atoms with Crippen LogP contribution < -0.4 is 0 Å². The second-order valence-corrected chi connectivity index (χ2v) is 7.49. The summed E-state index contributed by atoms with van der Waals surface area (Å²) in [4.78, 5) is 6.62. The first-order chi connectivity index (χ1) is 12.1. The molecule has 2 saturated heterocycles. The molecule has 2 aromatic heterocycles. The van der Waals surface area contributed by atoms with Crippen molar-refractivity contribution < 1.29 is 13.9 Å². The Labute approximate surface area is 148 Å². The molecule has 4 heterocycles. The second kappa shape index (κ2) is 6.90. The molecule has 4 rings (SSSR count). The van der Waals surface area contributed by atoms with Gasteiger partial charge in [-0.3, -0.25) is 9.88 Å². The van der Waals surface area contributed by atoms with Crippen LogP contribution in [-0.2, 0) is 22.6 Å². The maximum atomic E-state index is 6.15. The summed E-state index contributed by atoms with van der Waals surface area (Å²) in [5.74, 6) is 2.00.